The fourth-order valence-electron chi connectivity index (χ4n) is 1.66. The summed E-state index contributed by atoms with van der Waals surface area (Å²) in [5.41, 5.74) is 0.0995. The molecule has 0 radical (unpaired) electrons. The summed E-state index contributed by atoms with van der Waals surface area (Å²) in [4.78, 5) is 22.6. The number of hydrogen-bond donors (Lipinski definition) is 3. The summed E-state index contributed by atoms with van der Waals surface area (Å²) in [5, 5.41) is 13.8. The second-order valence-corrected chi connectivity index (χ2v) is 6.63. The molecule has 0 saturated heterocycles. The minimum Gasteiger partial charge on any atom is -0.478 e. The lowest BCUT2D eigenvalue weighted by atomic mass is 10.2. The Morgan fingerprint density at radius 1 is 1.30 bits per heavy atom. The Labute approximate surface area is 116 Å². The van der Waals surface area contributed by atoms with Gasteiger partial charge in [0, 0.05) is 12.3 Å². The number of carboxylic acids is 1. The van der Waals surface area contributed by atoms with Crippen LogP contribution < -0.4 is 10.6 Å². The molecule has 8 heteroatoms. The lowest BCUT2D eigenvalue weighted by Crippen LogP contribution is -2.40. The highest BCUT2D eigenvalue weighted by molar-refractivity contribution is 7.90. The van der Waals surface area contributed by atoms with E-state index in [1.807, 2.05) is 0 Å². The van der Waals surface area contributed by atoms with Crippen LogP contribution in [-0.2, 0) is 9.84 Å². The lowest BCUT2D eigenvalue weighted by molar-refractivity contribution is 0.0698. The van der Waals surface area contributed by atoms with Gasteiger partial charge in [-0.15, -0.1) is 0 Å². The molecule has 0 aliphatic heterocycles. The number of sulfone groups is 1. The average Bonchev–Trinajstić information content (AvgIpc) is 2.26. The van der Waals surface area contributed by atoms with Gasteiger partial charge >= 0.3 is 12.0 Å². The van der Waals surface area contributed by atoms with Gasteiger partial charge in [-0.25, -0.2) is 18.0 Å². The number of hydrogen-bond acceptors (Lipinski definition) is 4. The van der Waals surface area contributed by atoms with Crippen LogP contribution in [0.15, 0.2) is 24.3 Å². The maximum Gasteiger partial charge on any atom is 0.337 e. The highest BCUT2D eigenvalue weighted by Crippen LogP contribution is 2.14. The molecule has 1 atom stereocenters. The van der Waals surface area contributed by atoms with Crippen molar-refractivity contribution in [3.05, 3.63) is 29.8 Å². The zero-order valence-electron chi connectivity index (χ0n) is 11.1. The number of benzene rings is 1. The highest BCUT2D eigenvalue weighted by Gasteiger charge is 2.15. The summed E-state index contributed by atoms with van der Waals surface area (Å²) in [6, 6.07) is 4.69. The van der Waals surface area contributed by atoms with Gasteiger partial charge in [0.15, 0.2) is 0 Å². The van der Waals surface area contributed by atoms with Crippen molar-refractivity contribution in [2.75, 3.05) is 17.3 Å². The van der Waals surface area contributed by atoms with Crippen molar-refractivity contribution in [2.24, 2.45) is 0 Å². The fraction of sp³-hybridized carbons (Fsp3) is 0.333. The molecule has 7 nitrogen and oxygen atoms in total. The van der Waals surface area contributed by atoms with E-state index in [-0.39, 0.29) is 17.0 Å². The van der Waals surface area contributed by atoms with Gasteiger partial charge in [0.05, 0.1) is 17.0 Å². The van der Waals surface area contributed by atoms with Crippen LogP contribution in [0.2, 0.25) is 0 Å². The van der Waals surface area contributed by atoms with E-state index >= 15 is 0 Å². The molecule has 0 bridgehead atoms. The molecule has 0 heterocycles. The van der Waals surface area contributed by atoms with Gasteiger partial charge in [-0.1, -0.05) is 12.1 Å². The summed E-state index contributed by atoms with van der Waals surface area (Å²) in [6.07, 6.45) is 1.07. The van der Waals surface area contributed by atoms with Crippen molar-refractivity contribution < 1.29 is 23.1 Å². The van der Waals surface area contributed by atoms with Crippen LogP contribution in [0.1, 0.15) is 17.3 Å². The van der Waals surface area contributed by atoms with E-state index in [9.17, 15) is 18.0 Å². The second-order valence-electron chi connectivity index (χ2n) is 4.44. The first-order valence-corrected chi connectivity index (χ1v) is 7.82. The number of aromatic carboxylic acids is 1. The largest absolute Gasteiger partial charge is 0.478 e. The van der Waals surface area contributed by atoms with Crippen molar-refractivity contribution in [2.45, 2.75) is 13.0 Å². The zero-order valence-corrected chi connectivity index (χ0v) is 11.9. The van der Waals surface area contributed by atoms with Crippen LogP contribution in [-0.4, -0.2) is 43.6 Å². The van der Waals surface area contributed by atoms with E-state index in [0.29, 0.717) is 0 Å². The molecule has 20 heavy (non-hydrogen) atoms. The molecule has 0 saturated carbocycles. The monoisotopic (exact) mass is 300 g/mol. The molecule has 0 aliphatic rings. The molecule has 0 aromatic heterocycles. The first-order valence-electron chi connectivity index (χ1n) is 5.76. The van der Waals surface area contributed by atoms with E-state index in [1.165, 1.54) is 12.1 Å². The van der Waals surface area contributed by atoms with Gasteiger partial charge < -0.3 is 15.7 Å². The minimum atomic E-state index is -3.20. The molecule has 1 unspecified atom stereocenters. The van der Waals surface area contributed by atoms with E-state index in [1.54, 1.807) is 19.1 Å². The van der Waals surface area contributed by atoms with Gasteiger partial charge in [0.2, 0.25) is 0 Å². The molecule has 110 valence electrons. The van der Waals surface area contributed by atoms with Crippen molar-refractivity contribution in [1.29, 1.82) is 0 Å². The minimum absolute atomic E-state index is 0.0431. The Balaban J connectivity index is 2.70. The molecule has 1 rings (SSSR count). The summed E-state index contributed by atoms with van der Waals surface area (Å²) in [7, 11) is -3.20. The van der Waals surface area contributed by atoms with Crippen LogP contribution in [0, 0.1) is 0 Å². The summed E-state index contributed by atoms with van der Waals surface area (Å²) >= 11 is 0. The number of carbonyl (C=O) groups excluding carboxylic acids is 1. The molecule has 0 fully saturated rings. The lowest BCUT2D eigenvalue weighted by Gasteiger charge is -2.14. The Kier molecular flexibility index (Phi) is 5.09. The maximum absolute atomic E-state index is 11.7. The Morgan fingerprint density at radius 3 is 2.45 bits per heavy atom. The predicted molar refractivity (Wildman–Crippen MR) is 74.7 cm³/mol. The van der Waals surface area contributed by atoms with Crippen molar-refractivity contribution in [1.82, 2.24) is 5.32 Å². The smallest absolute Gasteiger partial charge is 0.337 e. The van der Waals surface area contributed by atoms with Crippen LogP contribution in [0.4, 0.5) is 10.5 Å². The number of amides is 2. The first kappa shape index (κ1) is 16.0. The van der Waals surface area contributed by atoms with E-state index in [4.69, 9.17) is 5.11 Å². The molecule has 0 aliphatic carbocycles. The molecule has 3 N–H and O–H groups in total. The number of carbonyl (C=O) groups is 2. The molecule has 1 aromatic rings. The molecular formula is C12H16N2O5S. The van der Waals surface area contributed by atoms with Gasteiger partial charge in [0.25, 0.3) is 0 Å². The van der Waals surface area contributed by atoms with Gasteiger partial charge in [-0.3, -0.25) is 0 Å². The summed E-state index contributed by atoms with van der Waals surface area (Å²) in [6.45, 7) is 1.55. The van der Waals surface area contributed by atoms with Crippen molar-refractivity contribution in [3.8, 4) is 0 Å². The maximum atomic E-state index is 11.7. The Bertz CT molecular complexity index is 612. The Morgan fingerprint density at radius 2 is 1.90 bits per heavy atom. The fourth-order valence-corrected chi connectivity index (χ4v) is 2.65. The third-order valence-electron chi connectivity index (χ3n) is 2.34. The van der Waals surface area contributed by atoms with Crippen molar-refractivity contribution in [3.63, 3.8) is 0 Å². The highest BCUT2D eigenvalue weighted by atomic mass is 32.2. The second kappa shape index (κ2) is 6.38. The number of rotatable bonds is 5. The van der Waals surface area contributed by atoms with E-state index in [0.717, 1.165) is 6.26 Å². The SMILES string of the molecule is CC(CS(C)(=O)=O)NC(=O)Nc1ccccc1C(=O)O. The van der Waals surface area contributed by atoms with Gasteiger partial charge in [-0.2, -0.15) is 0 Å². The molecule has 0 spiro atoms. The third-order valence-corrected chi connectivity index (χ3v) is 3.44. The molecular weight excluding hydrogens is 284 g/mol. The number of anilines is 1. The van der Waals surface area contributed by atoms with E-state index < -0.39 is 27.9 Å². The third kappa shape index (κ3) is 5.27. The quantitative estimate of drug-likeness (QED) is 0.749. The van der Waals surface area contributed by atoms with Crippen LogP contribution in [0.5, 0.6) is 0 Å². The van der Waals surface area contributed by atoms with Crippen LogP contribution >= 0.6 is 0 Å². The summed E-state index contributed by atoms with van der Waals surface area (Å²) in [5.74, 6) is -1.36. The van der Waals surface area contributed by atoms with Crippen LogP contribution in [0.3, 0.4) is 0 Å². The van der Waals surface area contributed by atoms with Gasteiger partial charge in [-0.05, 0) is 19.1 Å². The number of urea groups is 1. The predicted octanol–water partition coefficient (Wildman–Crippen LogP) is 0.939. The Hall–Kier alpha value is -2.09. The molecule has 2 amide bonds. The summed E-state index contributed by atoms with van der Waals surface area (Å²) < 4.78 is 22.2. The normalized spacial score (nSPS) is 12.5. The van der Waals surface area contributed by atoms with Crippen LogP contribution in [0.25, 0.3) is 0 Å². The number of para-hydroxylation sites is 1. The number of nitrogens with one attached hydrogen (secondary N) is 2. The zero-order chi connectivity index (χ0) is 15.3. The van der Waals surface area contributed by atoms with E-state index in [2.05, 4.69) is 10.6 Å². The number of carboxylic acid groups (broad SMARTS) is 1. The average molecular weight is 300 g/mol. The topological polar surface area (TPSA) is 113 Å². The first-order chi connectivity index (χ1) is 9.19. The molecule has 1 aromatic carbocycles. The van der Waals surface area contributed by atoms with Crippen molar-refractivity contribution >= 4 is 27.5 Å². The standard InChI is InChI=1S/C12H16N2O5S/c1-8(7-20(2,18)19)13-12(17)14-10-6-4-3-5-9(10)11(15)16/h3-6,8H,7H2,1-2H3,(H,15,16)(H2,13,14,17). The van der Waals surface area contributed by atoms with Gasteiger partial charge in [0.1, 0.15) is 9.84 Å².